The van der Waals surface area contributed by atoms with Crippen LogP contribution in [0.4, 0.5) is 0 Å². The normalized spacial score (nSPS) is 10.8. The molecule has 2 aromatic heterocycles. The number of thiophene rings is 1. The summed E-state index contributed by atoms with van der Waals surface area (Å²) in [5.74, 6) is 0.814. The summed E-state index contributed by atoms with van der Waals surface area (Å²) >= 11 is 1.79. The first-order valence-corrected chi connectivity index (χ1v) is 6.92. The Morgan fingerprint density at radius 1 is 1.39 bits per heavy atom. The van der Waals surface area contributed by atoms with Crippen LogP contribution >= 0.6 is 11.3 Å². The number of hydrogen-bond donors (Lipinski definition) is 1. The molecule has 0 aliphatic rings. The molecule has 0 fully saturated rings. The highest BCUT2D eigenvalue weighted by Crippen LogP contribution is 2.19. The molecule has 0 saturated carbocycles. The topological polar surface area (TPSA) is 39.1 Å². The van der Waals surface area contributed by atoms with Crippen molar-refractivity contribution in [2.24, 2.45) is 7.05 Å². The molecule has 0 unspecified atom stereocenters. The van der Waals surface area contributed by atoms with Crippen molar-refractivity contribution in [1.82, 2.24) is 15.1 Å². The van der Waals surface area contributed by atoms with Gasteiger partial charge in [-0.3, -0.25) is 0 Å². The van der Waals surface area contributed by atoms with Crippen LogP contribution < -0.4 is 10.1 Å². The van der Waals surface area contributed by atoms with Crippen LogP contribution in [0.15, 0.2) is 18.2 Å². The Morgan fingerprint density at radius 3 is 2.83 bits per heavy atom. The molecule has 18 heavy (non-hydrogen) atoms. The molecule has 0 aliphatic heterocycles. The van der Waals surface area contributed by atoms with Gasteiger partial charge in [0.1, 0.15) is 6.61 Å². The van der Waals surface area contributed by atoms with Gasteiger partial charge in [0, 0.05) is 29.4 Å². The Hall–Kier alpha value is -1.33. The highest BCUT2D eigenvalue weighted by atomic mass is 32.1. The van der Waals surface area contributed by atoms with Crippen LogP contribution in [0.3, 0.4) is 0 Å². The van der Waals surface area contributed by atoms with Gasteiger partial charge in [-0.15, -0.1) is 11.3 Å². The predicted octanol–water partition coefficient (Wildman–Crippen LogP) is 2.48. The quantitative estimate of drug-likeness (QED) is 0.872. The van der Waals surface area contributed by atoms with E-state index in [1.807, 2.05) is 20.0 Å². The molecule has 98 valence electrons. The number of aromatic nitrogens is 2. The van der Waals surface area contributed by atoms with Gasteiger partial charge < -0.3 is 10.1 Å². The van der Waals surface area contributed by atoms with Crippen LogP contribution in [0, 0.1) is 6.92 Å². The average Bonchev–Trinajstić information content (AvgIpc) is 2.91. The van der Waals surface area contributed by atoms with Crippen LogP contribution in [-0.4, -0.2) is 16.3 Å². The molecule has 2 rings (SSSR count). The molecule has 5 heteroatoms. The fraction of sp³-hybridized carbons (Fsp3) is 0.462. The van der Waals surface area contributed by atoms with Gasteiger partial charge in [0.25, 0.3) is 0 Å². The van der Waals surface area contributed by atoms with Gasteiger partial charge in [-0.2, -0.15) is 5.10 Å². The molecule has 1 N–H and O–H groups in total. The molecule has 2 aromatic rings. The average molecular weight is 265 g/mol. The van der Waals surface area contributed by atoms with E-state index >= 15 is 0 Å². The number of nitrogens with one attached hydrogen (secondary N) is 1. The molecule has 0 saturated heterocycles. The molecule has 0 spiro atoms. The maximum atomic E-state index is 5.75. The second kappa shape index (κ2) is 6.02. The summed E-state index contributed by atoms with van der Waals surface area (Å²) in [5.41, 5.74) is 0.978. The van der Waals surface area contributed by atoms with Crippen LogP contribution in [-0.2, 0) is 20.2 Å². The van der Waals surface area contributed by atoms with Gasteiger partial charge in [0.2, 0.25) is 5.88 Å². The van der Waals surface area contributed by atoms with E-state index in [4.69, 9.17) is 4.74 Å². The lowest BCUT2D eigenvalue weighted by Crippen LogP contribution is -2.10. The molecule has 0 radical (unpaired) electrons. The number of hydrogen-bond acceptors (Lipinski definition) is 4. The van der Waals surface area contributed by atoms with Gasteiger partial charge >= 0.3 is 0 Å². The van der Waals surface area contributed by atoms with Crippen molar-refractivity contribution >= 4 is 11.3 Å². The lowest BCUT2D eigenvalue weighted by atomic mass is 10.4. The molecule has 0 aliphatic carbocycles. The number of ether oxygens (including phenoxy) is 1. The van der Waals surface area contributed by atoms with Crippen molar-refractivity contribution in [3.63, 3.8) is 0 Å². The molecular formula is C13H19N3OS. The third kappa shape index (κ3) is 3.34. The lowest BCUT2D eigenvalue weighted by molar-refractivity contribution is 0.282. The van der Waals surface area contributed by atoms with E-state index in [1.165, 1.54) is 9.75 Å². The van der Waals surface area contributed by atoms with E-state index in [-0.39, 0.29) is 0 Å². The Balaban J connectivity index is 1.90. The van der Waals surface area contributed by atoms with Crippen molar-refractivity contribution < 1.29 is 4.74 Å². The van der Waals surface area contributed by atoms with E-state index in [0.717, 1.165) is 24.7 Å². The van der Waals surface area contributed by atoms with Gasteiger partial charge in [0.15, 0.2) is 0 Å². The summed E-state index contributed by atoms with van der Waals surface area (Å²) in [6.07, 6.45) is 0. The zero-order chi connectivity index (χ0) is 13.0. The second-order valence-corrected chi connectivity index (χ2v) is 5.44. The summed E-state index contributed by atoms with van der Waals surface area (Å²) < 4.78 is 7.52. The first kappa shape index (κ1) is 13.1. The fourth-order valence-corrected chi connectivity index (χ4v) is 2.61. The third-order valence-electron chi connectivity index (χ3n) is 2.59. The Kier molecular flexibility index (Phi) is 4.38. The zero-order valence-electron chi connectivity index (χ0n) is 11.1. The number of aryl methyl sites for hydroxylation is 2. The largest absolute Gasteiger partial charge is 0.472 e. The fourth-order valence-electron chi connectivity index (χ4n) is 1.71. The van der Waals surface area contributed by atoms with Crippen molar-refractivity contribution in [1.29, 1.82) is 0 Å². The number of rotatable bonds is 6. The highest BCUT2D eigenvalue weighted by molar-refractivity contribution is 7.11. The first-order valence-electron chi connectivity index (χ1n) is 6.10. The maximum Gasteiger partial charge on any atom is 0.212 e. The number of nitrogens with zero attached hydrogens (tertiary/aromatic N) is 2. The Morgan fingerprint density at radius 2 is 2.17 bits per heavy atom. The van der Waals surface area contributed by atoms with E-state index in [2.05, 4.69) is 29.5 Å². The minimum Gasteiger partial charge on any atom is -0.472 e. The van der Waals surface area contributed by atoms with Crippen molar-refractivity contribution in [3.05, 3.63) is 33.6 Å². The predicted molar refractivity (Wildman–Crippen MR) is 74.0 cm³/mol. The van der Waals surface area contributed by atoms with Crippen LogP contribution in [0.25, 0.3) is 0 Å². The summed E-state index contributed by atoms with van der Waals surface area (Å²) in [5, 5.41) is 7.57. The molecular weight excluding hydrogens is 246 g/mol. The third-order valence-corrected chi connectivity index (χ3v) is 3.65. The van der Waals surface area contributed by atoms with Crippen molar-refractivity contribution in [2.75, 3.05) is 6.54 Å². The van der Waals surface area contributed by atoms with E-state index in [1.54, 1.807) is 16.0 Å². The van der Waals surface area contributed by atoms with Crippen molar-refractivity contribution in [2.45, 2.75) is 27.0 Å². The monoisotopic (exact) mass is 265 g/mol. The minimum atomic E-state index is 0.607. The minimum absolute atomic E-state index is 0.607. The summed E-state index contributed by atoms with van der Waals surface area (Å²) in [6, 6.07) is 6.23. The first-order chi connectivity index (χ1) is 8.69. The Labute approximate surface area is 112 Å². The summed E-state index contributed by atoms with van der Waals surface area (Å²) in [7, 11) is 1.90. The molecule has 0 amide bonds. The standard InChI is InChI=1S/C13H19N3OS/c1-4-14-8-11-5-6-12(18-11)9-17-13-7-10(2)15-16(13)3/h5-7,14H,4,8-9H2,1-3H3. The lowest BCUT2D eigenvalue weighted by Gasteiger charge is -2.03. The van der Waals surface area contributed by atoms with Crippen LogP contribution in [0.2, 0.25) is 0 Å². The van der Waals surface area contributed by atoms with Crippen LogP contribution in [0.5, 0.6) is 5.88 Å². The highest BCUT2D eigenvalue weighted by Gasteiger charge is 2.05. The summed E-state index contributed by atoms with van der Waals surface area (Å²) in [6.45, 7) is 6.62. The van der Waals surface area contributed by atoms with Gasteiger partial charge in [0.05, 0.1) is 5.69 Å². The van der Waals surface area contributed by atoms with E-state index in [0.29, 0.717) is 6.61 Å². The SMILES string of the molecule is CCNCc1ccc(COc2cc(C)nn2C)s1. The molecule has 0 bridgehead atoms. The smallest absolute Gasteiger partial charge is 0.212 e. The van der Waals surface area contributed by atoms with Gasteiger partial charge in [-0.05, 0) is 25.6 Å². The Bertz CT molecular complexity index is 504. The molecule has 4 nitrogen and oxygen atoms in total. The maximum absolute atomic E-state index is 5.75. The van der Waals surface area contributed by atoms with E-state index in [9.17, 15) is 0 Å². The van der Waals surface area contributed by atoms with Crippen LogP contribution in [0.1, 0.15) is 22.4 Å². The molecule has 0 aromatic carbocycles. The van der Waals surface area contributed by atoms with Crippen molar-refractivity contribution in [3.8, 4) is 5.88 Å². The molecule has 0 atom stereocenters. The zero-order valence-corrected chi connectivity index (χ0v) is 11.9. The van der Waals surface area contributed by atoms with Gasteiger partial charge in [-0.1, -0.05) is 6.92 Å². The molecule has 2 heterocycles. The van der Waals surface area contributed by atoms with Gasteiger partial charge in [-0.25, -0.2) is 4.68 Å². The van der Waals surface area contributed by atoms with E-state index < -0.39 is 0 Å². The second-order valence-electron chi connectivity index (χ2n) is 4.18. The summed E-state index contributed by atoms with van der Waals surface area (Å²) in [4.78, 5) is 2.58.